The lowest BCUT2D eigenvalue weighted by molar-refractivity contribution is -0.0173. The number of hydrogen-bond acceptors (Lipinski definition) is 4. The number of rotatable bonds is 5. The number of aliphatic hydroxyl groups excluding tert-OH is 1. The highest BCUT2D eigenvalue weighted by atomic mass is 16.5. The number of nitrogens with zero attached hydrogens (tertiary/aromatic N) is 1. The summed E-state index contributed by atoms with van der Waals surface area (Å²) in [6.07, 6.45) is 0. The van der Waals surface area contributed by atoms with Crippen molar-refractivity contribution in [2.75, 3.05) is 39.5 Å². The Labute approximate surface area is 92.4 Å². The molecule has 4 heteroatoms. The van der Waals surface area contributed by atoms with Crippen molar-refractivity contribution < 1.29 is 9.84 Å². The highest BCUT2D eigenvalue weighted by molar-refractivity contribution is 4.83. The highest BCUT2D eigenvalue weighted by Gasteiger charge is 2.29. The largest absolute Gasteiger partial charge is 0.396 e. The third-order valence-electron chi connectivity index (χ3n) is 3.17. The molecule has 0 radical (unpaired) electrons. The van der Waals surface area contributed by atoms with Crippen molar-refractivity contribution in [2.45, 2.75) is 19.9 Å². The molecule has 4 nitrogen and oxygen atoms in total. The normalized spacial score (nSPS) is 23.0. The molecule has 3 N–H and O–H groups in total. The molecule has 1 aliphatic rings. The van der Waals surface area contributed by atoms with Crippen LogP contribution in [0.2, 0.25) is 0 Å². The molecular formula is C11H24N2O2. The van der Waals surface area contributed by atoms with Crippen molar-refractivity contribution in [1.29, 1.82) is 0 Å². The number of morpholine rings is 1. The molecule has 90 valence electrons. The molecule has 1 rings (SSSR count). The van der Waals surface area contributed by atoms with Crippen LogP contribution in [0.1, 0.15) is 13.8 Å². The zero-order chi connectivity index (χ0) is 11.3. The molecule has 1 aliphatic heterocycles. The maximum absolute atomic E-state index is 9.34. The number of nitrogens with two attached hydrogens (primary N) is 1. The summed E-state index contributed by atoms with van der Waals surface area (Å²) in [5.41, 5.74) is 5.71. The van der Waals surface area contributed by atoms with E-state index in [1.54, 1.807) is 0 Å². The maximum Gasteiger partial charge on any atom is 0.0594 e. The molecule has 1 heterocycles. The molecule has 2 atom stereocenters. The summed E-state index contributed by atoms with van der Waals surface area (Å²) in [7, 11) is 0. The quantitative estimate of drug-likeness (QED) is 0.674. The second-order valence-corrected chi connectivity index (χ2v) is 4.56. The van der Waals surface area contributed by atoms with Crippen molar-refractivity contribution in [3.05, 3.63) is 0 Å². The molecular weight excluding hydrogens is 192 g/mol. The maximum atomic E-state index is 9.34. The van der Waals surface area contributed by atoms with E-state index in [1.807, 2.05) is 0 Å². The van der Waals surface area contributed by atoms with Crippen molar-refractivity contribution in [3.63, 3.8) is 0 Å². The second kappa shape index (κ2) is 6.43. The summed E-state index contributed by atoms with van der Waals surface area (Å²) in [6.45, 7) is 8.63. The van der Waals surface area contributed by atoms with Gasteiger partial charge in [0.05, 0.1) is 13.2 Å². The van der Waals surface area contributed by atoms with Crippen molar-refractivity contribution in [1.82, 2.24) is 4.90 Å². The first-order chi connectivity index (χ1) is 7.20. The van der Waals surface area contributed by atoms with E-state index in [-0.39, 0.29) is 12.5 Å². The van der Waals surface area contributed by atoms with Gasteiger partial charge in [-0.25, -0.2) is 0 Å². The van der Waals surface area contributed by atoms with Gasteiger partial charge in [0.25, 0.3) is 0 Å². The minimum atomic E-state index is 0.177. The first-order valence-electron chi connectivity index (χ1n) is 5.83. The molecule has 1 saturated heterocycles. The molecule has 1 fully saturated rings. The topological polar surface area (TPSA) is 58.7 Å². The molecule has 0 saturated carbocycles. The standard InChI is InChI=1S/C11H24N2O2/c1-9(2)11(10(7-12)8-14)13-3-5-15-6-4-13/h9-11,14H,3-8,12H2,1-2H3/t10-,11-/m1/s1. The Bertz CT molecular complexity index is 166. The fraction of sp³-hybridized carbons (Fsp3) is 1.00. The molecule has 0 amide bonds. The lowest BCUT2D eigenvalue weighted by atomic mass is 9.89. The molecule has 0 aromatic rings. The summed E-state index contributed by atoms with van der Waals surface area (Å²) in [4.78, 5) is 2.40. The third kappa shape index (κ3) is 3.41. The summed E-state index contributed by atoms with van der Waals surface area (Å²) in [6, 6.07) is 0.379. The van der Waals surface area contributed by atoms with Crippen LogP contribution in [0.4, 0.5) is 0 Å². The molecule has 15 heavy (non-hydrogen) atoms. The Balaban J connectivity index is 2.62. The smallest absolute Gasteiger partial charge is 0.0594 e. The molecule has 0 aromatic heterocycles. The number of hydrogen-bond donors (Lipinski definition) is 2. The van der Waals surface area contributed by atoms with E-state index in [0.717, 1.165) is 26.3 Å². The predicted molar refractivity (Wildman–Crippen MR) is 60.6 cm³/mol. The van der Waals surface area contributed by atoms with Crippen LogP contribution in [0, 0.1) is 11.8 Å². The van der Waals surface area contributed by atoms with E-state index in [2.05, 4.69) is 18.7 Å². The number of ether oxygens (including phenoxy) is 1. The second-order valence-electron chi connectivity index (χ2n) is 4.56. The van der Waals surface area contributed by atoms with Crippen LogP contribution in [0.5, 0.6) is 0 Å². The molecule has 0 bridgehead atoms. The van der Waals surface area contributed by atoms with Crippen molar-refractivity contribution in [2.24, 2.45) is 17.6 Å². The van der Waals surface area contributed by atoms with Gasteiger partial charge >= 0.3 is 0 Å². The molecule has 0 aromatic carbocycles. The predicted octanol–water partition coefficient (Wildman–Crippen LogP) is -0.0896. The lowest BCUT2D eigenvalue weighted by Gasteiger charge is -2.40. The van der Waals surface area contributed by atoms with Gasteiger partial charge in [-0.15, -0.1) is 0 Å². The van der Waals surface area contributed by atoms with Crippen LogP contribution >= 0.6 is 0 Å². The van der Waals surface area contributed by atoms with Crippen LogP contribution in [0.15, 0.2) is 0 Å². The molecule has 0 spiro atoms. The molecule has 0 aliphatic carbocycles. The van der Waals surface area contributed by atoms with Gasteiger partial charge in [0.1, 0.15) is 0 Å². The Morgan fingerprint density at radius 3 is 2.33 bits per heavy atom. The minimum absolute atomic E-state index is 0.177. The lowest BCUT2D eigenvalue weighted by Crippen LogP contribution is -2.52. The molecule has 0 unspecified atom stereocenters. The summed E-state index contributed by atoms with van der Waals surface area (Å²) in [5, 5.41) is 9.34. The average molecular weight is 216 g/mol. The third-order valence-corrected chi connectivity index (χ3v) is 3.17. The fourth-order valence-corrected chi connectivity index (χ4v) is 2.46. The van der Waals surface area contributed by atoms with Gasteiger partial charge in [0.2, 0.25) is 0 Å². The Morgan fingerprint density at radius 1 is 1.33 bits per heavy atom. The van der Waals surface area contributed by atoms with Crippen molar-refractivity contribution in [3.8, 4) is 0 Å². The van der Waals surface area contributed by atoms with E-state index in [0.29, 0.717) is 18.5 Å². The SMILES string of the molecule is CC(C)[C@H]([C@H](CN)CO)N1CCOCC1. The van der Waals surface area contributed by atoms with E-state index >= 15 is 0 Å². The van der Waals surface area contributed by atoms with E-state index in [4.69, 9.17) is 10.5 Å². The van der Waals surface area contributed by atoms with Crippen LogP contribution in [-0.4, -0.2) is 55.5 Å². The highest BCUT2D eigenvalue weighted by Crippen LogP contribution is 2.20. The summed E-state index contributed by atoms with van der Waals surface area (Å²) in [5.74, 6) is 0.701. The van der Waals surface area contributed by atoms with Gasteiger partial charge in [-0.1, -0.05) is 13.8 Å². The average Bonchev–Trinajstić information content (AvgIpc) is 2.26. The Hall–Kier alpha value is -0.160. The van der Waals surface area contributed by atoms with Crippen LogP contribution < -0.4 is 5.73 Å². The monoisotopic (exact) mass is 216 g/mol. The van der Waals surface area contributed by atoms with E-state index in [1.165, 1.54) is 0 Å². The van der Waals surface area contributed by atoms with Gasteiger partial charge in [0, 0.05) is 31.7 Å². The first kappa shape index (κ1) is 12.9. The first-order valence-corrected chi connectivity index (χ1v) is 5.83. The summed E-state index contributed by atoms with van der Waals surface area (Å²) < 4.78 is 5.34. The van der Waals surface area contributed by atoms with Crippen molar-refractivity contribution >= 4 is 0 Å². The minimum Gasteiger partial charge on any atom is -0.396 e. The van der Waals surface area contributed by atoms with Gasteiger partial charge in [-0.3, -0.25) is 4.90 Å². The Morgan fingerprint density at radius 2 is 1.93 bits per heavy atom. The zero-order valence-electron chi connectivity index (χ0n) is 9.85. The van der Waals surface area contributed by atoms with E-state index < -0.39 is 0 Å². The van der Waals surface area contributed by atoms with Crippen LogP contribution in [0.25, 0.3) is 0 Å². The van der Waals surface area contributed by atoms with Crippen LogP contribution in [0.3, 0.4) is 0 Å². The van der Waals surface area contributed by atoms with Gasteiger partial charge in [-0.05, 0) is 12.5 Å². The van der Waals surface area contributed by atoms with E-state index in [9.17, 15) is 5.11 Å². The zero-order valence-corrected chi connectivity index (χ0v) is 9.85. The van der Waals surface area contributed by atoms with Gasteiger partial charge in [0.15, 0.2) is 0 Å². The Kier molecular flexibility index (Phi) is 5.53. The van der Waals surface area contributed by atoms with Gasteiger partial charge < -0.3 is 15.6 Å². The van der Waals surface area contributed by atoms with Crippen LogP contribution in [-0.2, 0) is 4.74 Å². The summed E-state index contributed by atoms with van der Waals surface area (Å²) >= 11 is 0. The number of aliphatic hydroxyl groups is 1. The fourth-order valence-electron chi connectivity index (χ4n) is 2.46. The van der Waals surface area contributed by atoms with Gasteiger partial charge in [-0.2, -0.15) is 0 Å².